The Balaban J connectivity index is 1.11. The van der Waals surface area contributed by atoms with E-state index in [0.29, 0.717) is 42.4 Å². The van der Waals surface area contributed by atoms with Gasteiger partial charge < -0.3 is 28.8 Å². The van der Waals surface area contributed by atoms with E-state index in [-0.39, 0.29) is 17.4 Å². The minimum Gasteiger partial charge on any atom is -0.493 e. The van der Waals surface area contributed by atoms with E-state index < -0.39 is 5.41 Å². The third kappa shape index (κ3) is 5.67. The molecule has 9 nitrogen and oxygen atoms in total. The maximum absolute atomic E-state index is 13.1. The molecular formula is C31H36N4O5S. The number of nitrogens with zero attached hydrogens (tertiary/aromatic N) is 3. The van der Waals surface area contributed by atoms with Crippen molar-refractivity contribution >= 4 is 45.5 Å². The van der Waals surface area contributed by atoms with Crippen molar-refractivity contribution in [3.05, 3.63) is 75.0 Å². The van der Waals surface area contributed by atoms with Crippen LogP contribution in [0, 0.1) is 5.41 Å². The van der Waals surface area contributed by atoms with Crippen LogP contribution in [0.3, 0.4) is 0 Å². The zero-order valence-corrected chi connectivity index (χ0v) is 24.8. The van der Waals surface area contributed by atoms with Crippen molar-refractivity contribution in [3.63, 3.8) is 0 Å². The van der Waals surface area contributed by atoms with Crippen LogP contribution in [-0.4, -0.2) is 43.1 Å². The number of fused-ring (bicyclic) bond motifs is 2. The lowest BCUT2D eigenvalue weighted by molar-refractivity contribution is -0.137. The molecule has 1 aromatic carbocycles. The molecule has 41 heavy (non-hydrogen) atoms. The number of carbonyl (C=O) groups excluding carboxylic acids is 2. The summed E-state index contributed by atoms with van der Waals surface area (Å²) in [5, 5.41) is 6.40. The van der Waals surface area contributed by atoms with Crippen LogP contribution in [0.4, 0.5) is 11.4 Å². The first-order chi connectivity index (χ1) is 19.7. The van der Waals surface area contributed by atoms with E-state index in [4.69, 9.17) is 9.15 Å². The number of furan rings is 1. The number of aryl methyl sites for hydroxylation is 2. The number of hydrogen-bond acceptors (Lipinski definition) is 7. The minimum atomic E-state index is -1.13. The van der Waals surface area contributed by atoms with E-state index in [0.717, 1.165) is 31.3 Å². The standard InChI is InChI=1S/C31H36N4O5S/c1-5-35-24-8-7-23(19-25(24)33(4)29(37)31(2,3)30(35)38)39-16-6-13-32-20-26-21(12-18-41-26)9-14-34-15-10-22-11-17-40-27(22)28(34)36/h7-8,10-12,15,17-19,32H,5-6,9,13-14,16,20H2,1-4H3. The monoisotopic (exact) mass is 576 g/mol. The number of ether oxygens (including phenoxy) is 1. The van der Waals surface area contributed by atoms with Crippen LogP contribution >= 0.6 is 11.3 Å². The molecule has 0 atom stereocenters. The van der Waals surface area contributed by atoms with Gasteiger partial charge in [0.2, 0.25) is 11.8 Å². The summed E-state index contributed by atoms with van der Waals surface area (Å²) in [6.45, 7) is 8.38. The lowest BCUT2D eigenvalue weighted by Crippen LogP contribution is -2.47. The molecule has 0 saturated heterocycles. The molecule has 10 heteroatoms. The normalized spacial score (nSPS) is 14.9. The molecule has 0 bridgehead atoms. The number of hydrogen-bond donors (Lipinski definition) is 1. The highest BCUT2D eigenvalue weighted by Gasteiger charge is 2.45. The van der Waals surface area contributed by atoms with Crippen molar-refractivity contribution in [2.75, 3.05) is 36.5 Å². The Morgan fingerprint density at radius 3 is 2.68 bits per heavy atom. The van der Waals surface area contributed by atoms with Gasteiger partial charge in [-0.3, -0.25) is 14.4 Å². The van der Waals surface area contributed by atoms with Gasteiger partial charge >= 0.3 is 0 Å². The van der Waals surface area contributed by atoms with E-state index in [9.17, 15) is 14.4 Å². The predicted molar refractivity (Wildman–Crippen MR) is 162 cm³/mol. The van der Waals surface area contributed by atoms with Gasteiger partial charge in [-0.05, 0) is 81.4 Å². The van der Waals surface area contributed by atoms with Gasteiger partial charge in [-0.2, -0.15) is 0 Å². The number of pyridine rings is 1. The average Bonchev–Trinajstić information content (AvgIpc) is 3.63. The predicted octanol–water partition coefficient (Wildman–Crippen LogP) is 4.81. The quantitative estimate of drug-likeness (QED) is 0.203. The van der Waals surface area contributed by atoms with E-state index >= 15 is 0 Å². The maximum atomic E-state index is 13.1. The molecule has 3 aromatic heterocycles. The van der Waals surface area contributed by atoms with Gasteiger partial charge in [0.25, 0.3) is 5.56 Å². The Morgan fingerprint density at radius 1 is 1.05 bits per heavy atom. The largest absolute Gasteiger partial charge is 0.493 e. The fraction of sp³-hybridized carbons (Fsp3) is 0.387. The van der Waals surface area contributed by atoms with Gasteiger partial charge in [0.05, 0.1) is 24.2 Å². The first-order valence-corrected chi connectivity index (χ1v) is 14.8. The van der Waals surface area contributed by atoms with E-state index in [1.807, 2.05) is 37.4 Å². The van der Waals surface area contributed by atoms with Gasteiger partial charge in [0.15, 0.2) is 5.58 Å². The molecule has 1 N–H and O–H groups in total. The van der Waals surface area contributed by atoms with E-state index in [2.05, 4.69) is 16.8 Å². The van der Waals surface area contributed by atoms with Crippen molar-refractivity contribution in [2.24, 2.45) is 5.41 Å². The van der Waals surface area contributed by atoms with Crippen LogP contribution in [-0.2, 0) is 29.1 Å². The SMILES string of the molecule is CCN1C(=O)C(C)(C)C(=O)N(C)c2cc(OCCCNCc3sccc3CCn3ccc4ccoc4c3=O)ccc21. The van der Waals surface area contributed by atoms with Crippen molar-refractivity contribution in [3.8, 4) is 5.75 Å². The molecule has 1 aliphatic rings. The Hall–Kier alpha value is -3.89. The summed E-state index contributed by atoms with van der Waals surface area (Å²) in [4.78, 5) is 43.2. The van der Waals surface area contributed by atoms with Gasteiger partial charge in [0.1, 0.15) is 11.2 Å². The van der Waals surface area contributed by atoms with Crippen LogP contribution in [0.2, 0.25) is 0 Å². The molecule has 0 unspecified atom stereocenters. The average molecular weight is 577 g/mol. The molecule has 0 radical (unpaired) electrons. The molecule has 0 saturated carbocycles. The Kier molecular flexibility index (Phi) is 8.32. The van der Waals surface area contributed by atoms with Crippen LogP contribution in [0.25, 0.3) is 11.0 Å². The van der Waals surface area contributed by atoms with Crippen molar-refractivity contribution < 1.29 is 18.7 Å². The minimum absolute atomic E-state index is 0.102. The number of carbonyl (C=O) groups is 2. The summed E-state index contributed by atoms with van der Waals surface area (Å²) in [6, 6.07) is 11.4. The smallest absolute Gasteiger partial charge is 0.294 e. The second-order valence-corrected chi connectivity index (χ2v) is 11.7. The molecule has 0 fully saturated rings. The number of aromatic nitrogens is 1. The summed E-state index contributed by atoms with van der Waals surface area (Å²) in [5.74, 6) is 0.225. The summed E-state index contributed by atoms with van der Waals surface area (Å²) >= 11 is 1.71. The van der Waals surface area contributed by atoms with Crippen molar-refractivity contribution in [1.82, 2.24) is 9.88 Å². The lowest BCUT2D eigenvalue weighted by atomic mass is 9.90. The molecule has 0 spiro atoms. The zero-order valence-electron chi connectivity index (χ0n) is 23.9. The lowest BCUT2D eigenvalue weighted by Gasteiger charge is -2.27. The summed E-state index contributed by atoms with van der Waals surface area (Å²) in [7, 11) is 1.71. The molecule has 216 valence electrons. The summed E-state index contributed by atoms with van der Waals surface area (Å²) in [6.07, 6.45) is 4.94. The van der Waals surface area contributed by atoms with Gasteiger partial charge in [-0.15, -0.1) is 11.3 Å². The topological polar surface area (TPSA) is 97.0 Å². The Morgan fingerprint density at radius 2 is 1.88 bits per heavy atom. The third-order valence-electron chi connectivity index (χ3n) is 7.63. The first-order valence-electron chi connectivity index (χ1n) is 13.9. The van der Waals surface area contributed by atoms with E-state index in [1.165, 1.54) is 10.4 Å². The van der Waals surface area contributed by atoms with Crippen LogP contribution < -0.4 is 25.4 Å². The second kappa shape index (κ2) is 11.9. The zero-order chi connectivity index (χ0) is 29.1. The number of amides is 2. The molecule has 0 aliphatic carbocycles. The molecule has 4 aromatic rings. The van der Waals surface area contributed by atoms with Gasteiger partial charge in [-0.1, -0.05) is 0 Å². The molecule has 4 heterocycles. The summed E-state index contributed by atoms with van der Waals surface area (Å²) in [5.41, 5.74) is 1.78. The summed E-state index contributed by atoms with van der Waals surface area (Å²) < 4.78 is 13.1. The fourth-order valence-electron chi connectivity index (χ4n) is 5.21. The van der Waals surface area contributed by atoms with Crippen LogP contribution in [0.1, 0.15) is 37.6 Å². The number of rotatable bonds is 11. The van der Waals surface area contributed by atoms with Crippen LogP contribution in [0.15, 0.2) is 63.4 Å². The number of nitrogens with one attached hydrogen (secondary N) is 1. The Bertz CT molecular complexity index is 1620. The molecule has 1 aliphatic heterocycles. The van der Waals surface area contributed by atoms with Gasteiger partial charge in [0, 0.05) is 49.2 Å². The van der Waals surface area contributed by atoms with Crippen molar-refractivity contribution in [2.45, 2.75) is 46.7 Å². The van der Waals surface area contributed by atoms with E-state index in [1.54, 1.807) is 58.9 Å². The number of anilines is 2. The Labute approximate surface area is 243 Å². The number of thiophene rings is 1. The van der Waals surface area contributed by atoms with Crippen LogP contribution in [0.5, 0.6) is 5.75 Å². The highest BCUT2D eigenvalue weighted by molar-refractivity contribution is 7.10. The maximum Gasteiger partial charge on any atom is 0.294 e. The number of benzene rings is 1. The molecule has 2 amide bonds. The highest BCUT2D eigenvalue weighted by Crippen LogP contribution is 2.40. The molecule has 5 rings (SSSR count). The highest BCUT2D eigenvalue weighted by atomic mass is 32.1. The third-order valence-corrected chi connectivity index (χ3v) is 8.59. The fourth-order valence-corrected chi connectivity index (χ4v) is 6.12. The van der Waals surface area contributed by atoms with Gasteiger partial charge in [-0.25, -0.2) is 0 Å². The first kappa shape index (κ1) is 28.6. The van der Waals surface area contributed by atoms with Crippen molar-refractivity contribution in [1.29, 1.82) is 0 Å². The second-order valence-electron chi connectivity index (χ2n) is 10.7. The molecular weight excluding hydrogens is 540 g/mol.